The van der Waals surface area contributed by atoms with E-state index in [4.69, 9.17) is 10.2 Å². The Bertz CT molecular complexity index is 187. The first-order valence-electron chi connectivity index (χ1n) is 2.40. The van der Waals surface area contributed by atoms with Gasteiger partial charge in [0.05, 0.1) is 14.4 Å². The summed E-state index contributed by atoms with van der Waals surface area (Å²) in [5.74, 6) is -1.65. The molecule has 0 aromatic carbocycles. The molecule has 0 saturated carbocycles. The van der Waals surface area contributed by atoms with E-state index in [0.717, 1.165) is 0 Å². The second-order valence-electron chi connectivity index (χ2n) is 1.60. The molecule has 9 heteroatoms. The monoisotopic (exact) mass is 322 g/mol. The van der Waals surface area contributed by atoms with E-state index in [0.29, 0.717) is 0 Å². The van der Waals surface area contributed by atoms with Gasteiger partial charge in [0.2, 0.25) is 0 Å². The maximum absolute atomic E-state index is 9.79. The summed E-state index contributed by atoms with van der Waals surface area (Å²) in [6.07, 6.45) is -1.99. The average Bonchev–Trinajstić information content (AvgIpc) is 1.80. The van der Waals surface area contributed by atoms with Crippen molar-refractivity contribution < 1.29 is 33.9 Å². The van der Waals surface area contributed by atoms with Gasteiger partial charge in [-0.25, -0.2) is 4.79 Å². The minimum absolute atomic E-state index is 0. The zero-order valence-corrected chi connectivity index (χ0v) is 11.2. The quantitative estimate of drug-likeness (QED) is 0.414. The summed E-state index contributed by atoms with van der Waals surface area (Å²) in [7, 11) is -5.18. The number of aliphatic hydroxyl groups excluding tert-OH is 1. The Labute approximate surface area is 108 Å². The molecule has 0 rings (SSSR count). The predicted molar refractivity (Wildman–Crippen MR) is 33.0 cm³/mol. The normalized spacial score (nSPS) is 13.2. The van der Waals surface area contributed by atoms with Gasteiger partial charge in [0.25, 0.3) is 0 Å². The number of aliphatic carboxylic acids is 1. The van der Waals surface area contributed by atoms with Gasteiger partial charge in [-0.15, -0.1) is 0 Å². The van der Waals surface area contributed by atoms with Crippen LogP contribution in [0.25, 0.3) is 0 Å². The minimum Gasteiger partial charge on any atom is -0.790 e. The van der Waals surface area contributed by atoms with Gasteiger partial charge < -0.3 is 29.1 Å². The predicted octanol–water partition coefficient (Wildman–Crippen LogP) is -3.10. The summed E-state index contributed by atoms with van der Waals surface area (Å²) < 4.78 is 13.2. The second-order valence-corrected chi connectivity index (χ2v) is 2.75. The molecule has 0 radical (unpaired) electrons. The fourth-order valence-corrected chi connectivity index (χ4v) is 0.557. The first-order chi connectivity index (χ1) is 4.83. The van der Waals surface area contributed by atoms with Crippen LogP contribution in [0.1, 0.15) is 0 Å². The van der Waals surface area contributed by atoms with E-state index < -0.39 is 26.5 Å². The Balaban J connectivity index is 0. The maximum Gasteiger partial charge on any atom is 2.00 e. The van der Waals surface area contributed by atoms with E-state index in [9.17, 15) is 19.1 Å². The molecule has 0 bridgehead atoms. The van der Waals surface area contributed by atoms with Gasteiger partial charge in [-0.3, -0.25) is 0 Å². The summed E-state index contributed by atoms with van der Waals surface area (Å²) in [6, 6.07) is 0. The van der Waals surface area contributed by atoms with Gasteiger partial charge in [-0.2, -0.15) is 0 Å². The molecule has 0 amide bonds. The van der Waals surface area contributed by atoms with Crippen molar-refractivity contribution in [3.8, 4) is 0 Å². The molecule has 0 aromatic heterocycles. The zero-order valence-electron chi connectivity index (χ0n) is 5.87. The standard InChI is InChI=1S/C3H7O7P.Ba/c4-2(3(5)6)1-10-11(7,8)9;/h2,4H,1H2,(H,5,6)(H2,7,8,9);/q;+2/p-2/t2-;/m1./s1. The van der Waals surface area contributed by atoms with Crippen LogP contribution in [0.2, 0.25) is 0 Å². The topological polar surface area (TPSA) is 130 Å². The van der Waals surface area contributed by atoms with Crippen LogP contribution in [0, 0.1) is 0 Å². The number of phosphoric ester groups is 1. The molecular weight excluding hydrogens is 316 g/mol. The third kappa shape index (κ3) is 9.20. The molecule has 0 heterocycles. The molecule has 1 atom stereocenters. The number of carboxylic acid groups (broad SMARTS) is 1. The van der Waals surface area contributed by atoms with Gasteiger partial charge in [-0.1, -0.05) is 0 Å². The summed E-state index contributed by atoms with van der Waals surface area (Å²) in [5, 5.41) is 16.3. The van der Waals surface area contributed by atoms with Gasteiger partial charge in [0, 0.05) is 0 Å². The molecule has 12 heavy (non-hydrogen) atoms. The van der Waals surface area contributed by atoms with E-state index in [2.05, 4.69) is 4.52 Å². The van der Waals surface area contributed by atoms with Crippen molar-refractivity contribution in [2.45, 2.75) is 6.10 Å². The minimum atomic E-state index is -5.18. The Morgan fingerprint density at radius 1 is 1.58 bits per heavy atom. The van der Waals surface area contributed by atoms with Crippen molar-refractivity contribution in [2.24, 2.45) is 0 Å². The van der Waals surface area contributed by atoms with Crippen molar-refractivity contribution >= 4 is 62.7 Å². The fourth-order valence-electron chi connectivity index (χ4n) is 0.233. The Morgan fingerprint density at radius 3 is 2.25 bits per heavy atom. The van der Waals surface area contributed by atoms with Crippen LogP contribution in [0.15, 0.2) is 0 Å². The molecule has 7 nitrogen and oxygen atoms in total. The van der Waals surface area contributed by atoms with Crippen molar-refractivity contribution in [3.63, 3.8) is 0 Å². The first-order valence-corrected chi connectivity index (χ1v) is 3.86. The zero-order chi connectivity index (χ0) is 9.07. The van der Waals surface area contributed by atoms with Gasteiger partial charge in [-0.05, 0) is 0 Å². The molecule has 0 unspecified atom stereocenters. The number of aliphatic hydroxyl groups is 1. The van der Waals surface area contributed by atoms with Gasteiger partial charge in [0.1, 0.15) is 0 Å². The molecule has 0 spiro atoms. The molecule has 0 aliphatic rings. The van der Waals surface area contributed by atoms with Crippen LogP contribution in [-0.2, 0) is 13.9 Å². The smallest absolute Gasteiger partial charge is 0.790 e. The van der Waals surface area contributed by atoms with Crippen LogP contribution in [0.5, 0.6) is 0 Å². The number of carbonyl (C=O) groups is 1. The van der Waals surface area contributed by atoms with Crippen molar-refractivity contribution in [1.29, 1.82) is 0 Å². The summed E-state index contributed by atoms with van der Waals surface area (Å²) in [6.45, 7) is -1.06. The van der Waals surface area contributed by atoms with Crippen molar-refractivity contribution in [2.75, 3.05) is 6.61 Å². The molecule has 66 valence electrons. The van der Waals surface area contributed by atoms with E-state index >= 15 is 0 Å². The molecule has 0 aliphatic heterocycles. The van der Waals surface area contributed by atoms with Gasteiger partial charge in [0.15, 0.2) is 6.10 Å². The third-order valence-electron chi connectivity index (χ3n) is 0.676. The molecule has 0 saturated heterocycles. The second kappa shape index (κ2) is 6.55. The van der Waals surface area contributed by atoms with Gasteiger partial charge >= 0.3 is 54.9 Å². The van der Waals surface area contributed by atoms with Crippen LogP contribution >= 0.6 is 7.82 Å². The number of carboxylic acids is 1. The van der Waals surface area contributed by atoms with E-state index in [1.807, 2.05) is 0 Å². The summed E-state index contributed by atoms with van der Waals surface area (Å²) in [4.78, 5) is 29.2. The van der Waals surface area contributed by atoms with Crippen LogP contribution < -0.4 is 9.79 Å². The molecule has 2 N–H and O–H groups in total. The molecular formula is C3H5BaO7P. The van der Waals surface area contributed by atoms with Crippen molar-refractivity contribution in [3.05, 3.63) is 0 Å². The SMILES string of the molecule is O=C(O)[C@H](O)COP(=O)([O-])[O-].[Ba+2]. The number of hydrogen-bond donors (Lipinski definition) is 2. The molecule has 0 aliphatic carbocycles. The molecule has 0 aromatic rings. The van der Waals surface area contributed by atoms with Crippen LogP contribution in [0.3, 0.4) is 0 Å². The summed E-state index contributed by atoms with van der Waals surface area (Å²) in [5.41, 5.74) is 0. The van der Waals surface area contributed by atoms with E-state index in [-0.39, 0.29) is 48.9 Å². The largest absolute Gasteiger partial charge is 2.00 e. The number of phosphoric acid groups is 1. The molecule has 0 fully saturated rings. The fraction of sp³-hybridized carbons (Fsp3) is 0.667. The number of rotatable bonds is 4. The maximum atomic E-state index is 9.79. The third-order valence-corrected chi connectivity index (χ3v) is 1.14. The number of hydrogen-bond acceptors (Lipinski definition) is 6. The Hall–Kier alpha value is 1.11. The van der Waals surface area contributed by atoms with E-state index in [1.165, 1.54) is 0 Å². The summed E-state index contributed by atoms with van der Waals surface area (Å²) >= 11 is 0. The van der Waals surface area contributed by atoms with Crippen molar-refractivity contribution in [1.82, 2.24) is 0 Å². The first kappa shape index (κ1) is 15.6. The van der Waals surface area contributed by atoms with Crippen LogP contribution in [-0.4, -0.2) is 77.8 Å². The van der Waals surface area contributed by atoms with E-state index in [1.54, 1.807) is 0 Å². The average molecular weight is 321 g/mol. The Morgan fingerprint density at radius 2 is 2.00 bits per heavy atom. The van der Waals surface area contributed by atoms with Crippen LogP contribution in [0.4, 0.5) is 0 Å². The Kier molecular flexibility index (Phi) is 8.50.